The van der Waals surface area contributed by atoms with E-state index in [9.17, 15) is 9.59 Å². The van der Waals surface area contributed by atoms with Crippen LogP contribution in [0.5, 0.6) is 5.75 Å². The summed E-state index contributed by atoms with van der Waals surface area (Å²) in [5, 5.41) is 3.66. The molecule has 37 heavy (non-hydrogen) atoms. The van der Waals surface area contributed by atoms with E-state index >= 15 is 0 Å². The van der Waals surface area contributed by atoms with Gasteiger partial charge in [-0.25, -0.2) is 19.6 Å². The number of ether oxygens (including phenoxy) is 3. The second-order valence-electron chi connectivity index (χ2n) is 10.1. The number of benzene rings is 2. The van der Waals surface area contributed by atoms with Crippen molar-refractivity contribution < 1.29 is 23.8 Å². The maximum absolute atomic E-state index is 12.7. The Bertz CT molecular complexity index is 1280. The number of anilines is 1. The zero-order chi connectivity index (χ0) is 26.6. The lowest BCUT2D eigenvalue weighted by Crippen LogP contribution is -2.40. The number of piperidine rings is 1. The second-order valence-corrected chi connectivity index (χ2v) is 10.1. The van der Waals surface area contributed by atoms with Crippen LogP contribution < -0.4 is 15.0 Å². The lowest BCUT2D eigenvalue weighted by molar-refractivity contribution is 0.0515. The second kappa shape index (κ2) is 11.0. The Kier molecular flexibility index (Phi) is 7.80. The first-order chi connectivity index (χ1) is 17.7. The van der Waals surface area contributed by atoms with Gasteiger partial charge in [-0.2, -0.15) is 0 Å². The van der Waals surface area contributed by atoms with Gasteiger partial charge < -0.3 is 24.4 Å². The van der Waals surface area contributed by atoms with Crippen LogP contribution in [0.1, 0.15) is 44.0 Å². The number of hydrogen-bond acceptors (Lipinski definition) is 8. The van der Waals surface area contributed by atoms with Crippen LogP contribution in [0.4, 0.5) is 10.6 Å². The van der Waals surface area contributed by atoms with Gasteiger partial charge in [0.25, 0.3) is 0 Å². The highest BCUT2D eigenvalue weighted by atomic mass is 16.6. The summed E-state index contributed by atoms with van der Waals surface area (Å²) in [6, 6.07) is 11.5. The summed E-state index contributed by atoms with van der Waals surface area (Å²) in [4.78, 5) is 36.0. The van der Waals surface area contributed by atoms with Crippen molar-refractivity contribution >= 4 is 28.8 Å². The number of fused-ring (bicyclic) bond motifs is 1. The van der Waals surface area contributed by atoms with Gasteiger partial charge >= 0.3 is 12.1 Å². The van der Waals surface area contributed by atoms with Crippen LogP contribution in [-0.2, 0) is 9.47 Å². The molecule has 1 aliphatic heterocycles. The molecule has 3 aromatic rings. The Morgan fingerprint density at radius 3 is 2.49 bits per heavy atom. The molecule has 1 N–H and O–H groups in total. The van der Waals surface area contributed by atoms with Gasteiger partial charge in [-0.05, 0) is 63.3 Å². The maximum atomic E-state index is 12.7. The highest BCUT2D eigenvalue weighted by molar-refractivity contribution is 6.07. The van der Waals surface area contributed by atoms with Crippen LogP contribution in [0.15, 0.2) is 42.7 Å². The zero-order valence-electron chi connectivity index (χ0n) is 22.0. The number of esters is 1. The van der Waals surface area contributed by atoms with Crippen LogP contribution in [-0.4, -0.2) is 61.5 Å². The number of nitrogens with zero attached hydrogens (tertiary/aromatic N) is 3. The molecule has 0 saturated carbocycles. The van der Waals surface area contributed by atoms with E-state index in [4.69, 9.17) is 14.2 Å². The summed E-state index contributed by atoms with van der Waals surface area (Å²) in [5.74, 6) is 1.35. The normalized spacial score (nSPS) is 14.4. The van der Waals surface area contributed by atoms with E-state index in [1.807, 2.05) is 51.1 Å². The average molecular weight is 507 g/mol. The van der Waals surface area contributed by atoms with Gasteiger partial charge in [0.1, 0.15) is 23.5 Å². The summed E-state index contributed by atoms with van der Waals surface area (Å²) in [5.41, 5.74) is 2.08. The molecular formula is C28H34N4O5. The summed E-state index contributed by atoms with van der Waals surface area (Å²) < 4.78 is 16.0. The minimum Gasteiger partial charge on any atom is -0.496 e. The van der Waals surface area contributed by atoms with Gasteiger partial charge in [-0.3, -0.25) is 0 Å². The molecule has 0 spiro atoms. The van der Waals surface area contributed by atoms with Crippen molar-refractivity contribution in [3.8, 4) is 16.9 Å². The van der Waals surface area contributed by atoms with Gasteiger partial charge in [0.05, 0.1) is 25.3 Å². The number of para-hydroxylation sites is 1. The SMILES string of the molecule is COC(=O)c1cc(-c2ccccc2OC)cc2c(N3CCC(CNC(=O)OC(C)(C)C)CC3)ncnc12. The van der Waals surface area contributed by atoms with E-state index in [0.717, 1.165) is 48.3 Å². The fraction of sp³-hybridized carbons (Fsp3) is 0.429. The molecule has 1 fully saturated rings. The predicted octanol–water partition coefficient (Wildman–Crippen LogP) is 4.83. The molecule has 9 nitrogen and oxygen atoms in total. The fourth-order valence-electron chi connectivity index (χ4n) is 4.60. The number of carbonyl (C=O) groups is 2. The van der Waals surface area contributed by atoms with E-state index in [0.29, 0.717) is 29.3 Å². The van der Waals surface area contributed by atoms with E-state index < -0.39 is 17.7 Å². The third-order valence-corrected chi connectivity index (χ3v) is 6.39. The van der Waals surface area contributed by atoms with Crippen LogP contribution in [0.3, 0.4) is 0 Å². The van der Waals surface area contributed by atoms with Crippen molar-refractivity contribution in [3.05, 3.63) is 48.3 Å². The predicted molar refractivity (Wildman–Crippen MR) is 142 cm³/mol. The number of nitrogens with one attached hydrogen (secondary N) is 1. The van der Waals surface area contributed by atoms with Crippen molar-refractivity contribution in [2.45, 2.75) is 39.2 Å². The topological polar surface area (TPSA) is 103 Å². The molecular weight excluding hydrogens is 472 g/mol. The Morgan fingerprint density at radius 2 is 1.81 bits per heavy atom. The number of hydrogen-bond donors (Lipinski definition) is 1. The first kappa shape index (κ1) is 26.2. The standard InChI is InChI=1S/C28H34N4O5/c1-28(2,3)37-27(34)29-16-18-10-12-32(13-11-18)25-21-14-19(20-8-6-7-9-23(20)35-4)15-22(26(33)36-5)24(21)30-17-31-25/h6-9,14-15,17-18H,10-13,16H2,1-5H3,(H,29,34). The number of carbonyl (C=O) groups excluding carboxylic acids is 2. The molecule has 2 heterocycles. The number of rotatable bonds is 6. The Labute approximate surface area is 217 Å². The van der Waals surface area contributed by atoms with Crippen molar-refractivity contribution in [1.82, 2.24) is 15.3 Å². The van der Waals surface area contributed by atoms with Gasteiger partial charge in [0, 0.05) is 30.6 Å². The third-order valence-electron chi connectivity index (χ3n) is 6.39. The molecule has 2 aromatic carbocycles. The van der Waals surface area contributed by atoms with Crippen LogP contribution in [0, 0.1) is 5.92 Å². The Morgan fingerprint density at radius 1 is 1.08 bits per heavy atom. The van der Waals surface area contributed by atoms with Gasteiger partial charge in [-0.15, -0.1) is 0 Å². The fourth-order valence-corrected chi connectivity index (χ4v) is 4.60. The first-order valence-electron chi connectivity index (χ1n) is 12.4. The van der Waals surface area contributed by atoms with Crippen LogP contribution >= 0.6 is 0 Å². The summed E-state index contributed by atoms with van der Waals surface area (Å²) in [7, 11) is 2.99. The molecule has 0 unspecified atom stereocenters. The van der Waals surface area contributed by atoms with Gasteiger partial charge in [-0.1, -0.05) is 18.2 Å². The van der Waals surface area contributed by atoms with E-state index in [-0.39, 0.29) is 0 Å². The minimum atomic E-state index is -0.521. The molecule has 1 saturated heterocycles. The van der Waals surface area contributed by atoms with Gasteiger partial charge in [0.2, 0.25) is 0 Å². The third kappa shape index (κ3) is 6.10. The molecule has 1 aliphatic rings. The number of alkyl carbamates (subject to hydrolysis) is 1. The van der Waals surface area contributed by atoms with Crippen molar-refractivity contribution in [3.63, 3.8) is 0 Å². The number of aromatic nitrogens is 2. The quantitative estimate of drug-likeness (QED) is 0.474. The monoisotopic (exact) mass is 506 g/mol. The van der Waals surface area contributed by atoms with Crippen molar-refractivity contribution in [2.24, 2.45) is 5.92 Å². The highest BCUT2D eigenvalue weighted by Crippen LogP contribution is 2.36. The summed E-state index contributed by atoms with van der Waals surface area (Å²) in [6.07, 6.45) is 2.87. The molecule has 9 heteroatoms. The lowest BCUT2D eigenvalue weighted by atomic mass is 9.95. The van der Waals surface area contributed by atoms with Crippen molar-refractivity contribution in [2.75, 3.05) is 38.8 Å². The molecule has 0 aliphatic carbocycles. The highest BCUT2D eigenvalue weighted by Gasteiger charge is 2.25. The summed E-state index contributed by atoms with van der Waals surface area (Å²) in [6.45, 7) is 7.64. The Hall–Kier alpha value is -3.88. The smallest absolute Gasteiger partial charge is 0.407 e. The molecule has 196 valence electrons. The van der Waals surface area contributed by atoms with E-state index in [1.165, 1.54) is 13.4 Å². The first-order valence-corrected chi connectivity index (χ1v) is 12.4. The molecule has 1 aromatic heterocycles. The van der Waals surface area contributed by atoms with E-state index in [1.54, 1.807) is 13.2 Å². The van der Waals surface area contributed by atoms with Crippen LogP contribution in [0.25, 0.3) is 22.0 Å². The Balaban J connectivity index is 1.61. The largest absolute Gasteiger partial charge is 0.496 e. The minimum absolute atomic E-state index is 0.339. The lowest BCUT2D eigenvalue weighted by Gasteiger charge is -2.33. The maximum Gasteiger partial charge on any atom is 0.407 e. The molecule has 4 rings (SSSR count). The molecule has 0 atom stereocenters. The van der Waals surface area contributed by atoms with Crippen LogP contribution in [0.2, 0.25) is 0 Å². The molecule has 0 bridgehead atoms. The number of amides is 1. The average Bonchev–Trinajstić information content (AvgIpc) is 2.89. The molecule has 0 radical (unpaired) electrons. The summed E-state index contributed by atoms with van der Waals surface area (Å²) >= 11 is 0. The zero-order valence-corrected chi connectivity index (χ0v) is 22.0. The van der Waals surface area contributed by atoms with Gasteiger partial charge in [0.15, 0.2) is 0 Å². The van der Waals surface area contributed by atoms with E-state index in [2.05, 4.69) is 20.2 Å². The number of methoxy groups -OCH3 is 2. The molecule has 1 amide bonds. The van der Waals surface area contributed by atoms with Crippen molar-refractivity contribution in [1.29, 1.82) is 0 Å².